The molecule has 2 aliphatic carbocycles. The summed E-state index contributed by atoms with van der Waals surface area (Å²) in [6.45, 7) is 2.74. The molecule has 0 bridgehead atoms. The third-order valence-electron chi connectivity index (χ3n) is 6.94. The number of nitrogens with two attached hydrogens (primary N) is 1. The number of aliphatic imine (C=N–C) groups is 1. The van der Waals surface area contributed by atoms with E-state index in [-0.39, 0.29) is 17.6 Å². The van der Waals surface area contributed by atoms with Gasteiger partial charge in [-0.3, -0.25) is 9.69 Å². The Morgan fingerprint density at radius 2 is 2.06 bits per heavy atom. The highest BCUT2D eigenvalue weighted by molar-refractivity contribution is 6.08. The van der Waals surface area contributed by atoms with E-state index in [9.17, 15) is 18.0 Å². The van der Waals surface area contributed by atoms with Crippen molar-refractivity contribution in [2.24, 2.45) is 16.1 Å². The molecule has 0 fully saturated rings. The Morgan fingerprint density at radius 1 is 1.27 bits per heavy atom. The highest BCUT2D eigenvalue weighted by atomic mass is 19.4. The maximum absolute atomic E-state index is 13.8. The van der Waals surface area contributed by atoms with Crippen LogP contribution in [-0.4, -0.2) is 36.6 Å². The number of nitrogens with zero attached hydrogens (tertiary/aromatic N) is 2. The number of alkyl halides is 3. The lowest BCUT2D eigenvalue weighted by Gasteiger charge is -2.41. The van der Waals surface area contributed by atoms with Crippen LogP contribution < -0.4 is 10.5 Å². The van der Waals surface area contributed by atoms with Crippen molar-refractivity contribution in [1.29, 1.82) is 0 Å². The maximum Gasteiger partial charge on any atom is 0.422 e. The zero-order valence-corrected chi connectivity index (χ0v) is 18.6. The lowest BCUT2D eigenvalue weighted by atomic mass is 9.64. The summed E-state index contributed by atoms with van der Waals surface area (Å²) in [6.07, 6.45) is 7.86. The molecule has 176 valence electrons. The van der Waals surface area contributed by atoms with Gasteiger partial charge in [0.2, 0.25) is 0 Å². The highest BCUT2D eigenvalue weighted by Crippen LogP contribution is 2.61. The number of guanidine groups is 1. The molecular formula is C25H28F3N3O2. The van der Waals surface area contributed by atoms with Crippen molar-refractivity contribution >= 4 is 11.9 Å². The first-order chi connectivity index (χ1) is 15.6. The Morgan fingerprint density at radius 3 is 2.76 bits per heavy atom. The van der Waals surface area contributed by atoms with Gasteiger partial charge in [-0.15, -0.1) is 0 Å². The molecule has 2 spiro atoms. The fourth-order valence-corrected chi connectivity index (χ4v) is 5.31. The number of hydrogen-bond acceptors (Lipinski definition) is 4. The van der Waals surface area contributed by atoms with Crippen molar-refractivity contribution in [1.82, 2.24) is 4.90 Å². The van der Waals surface area contributed by atoms with Crippen LogP contribution in [0.15, 0.2) is 59.6 Å². The van der Waals surface area contributed by atoms with Crippen LogP contribution in [0.1, 0.15) is 43.2 Å². The van der Waals surface area contributed by atoms with Crippen molar-refractivity contribution in [3.63, 3.8) is 0 Å². The predicted octanol–water partition coefficient (Wildman–Crippen LogP) is 4.78. The minimum absolute atomic E-state index is 0.0607. The van der Waals surface area contributed by atoms with Crippen molar-refractivity contribution < 1.29 is 22.7 Å². The van der Waals surface area contributed by atoms with E-state index < -0.39 is 23.7 Å². The summed E-state index contributed by atoms with van der Waals surface area (Å²) in [7, 11) is 1.58. The van der Waals surface area contributed by atoms with E-state index in [2.05, 4.69) is 12.7 Å². The van der Waals surface area contributed by atoms with Crippen LogP contribution >= 0.6 is 0 Å². The smallest absolute Gasteiger partial charge is 0.422 e. The van der Waals surface area contributed by atoms with E-state index >= 15 is 0 Å². The standard InChI is InChI=1S/C25H28F3N3O2/c1-17-8-6-4-3-5-7-12-23(13-11-17)15-18-9-10-19(33-16-24(26,27)28)14-20(18)25(23)21(32)31(2)22(29)30-25/h3-4,6,8-10,14H,1,5,7,11-13,15-16H2,2H3,(H2,29,30)/b4-3-,8-6-. The molecule has 2 unspecified atom stereocenters. The third kappa shape index (κ3) is 4.07. The Bertz CT molecular complexity index is 1060. The van der Waals surface area contributed by atoms with E-state index in [1.165, 1.54) is 11.0 Å². The minimum atomic E-state index is -4.46. The molecule has 2 N–H and O–H groups in total. The molecule has 0 saturated heterocycles. The Labute approximate surface area is 191 Å². The fourth-order valence-electron chi connectivity index (χ4n) is 5.31. The number of carbonyl (C=O) groups excluding carboxylic acids is 1. The van der Waals surface area contributed by atoms with Gasteiger partial charge in [-0.1, -0.05) is 42.5 Å². The van der Waals surface area contributed by atoms with Gasteiger partial charge in [0, 0.05) is 12.5 Å². The zero-order chi connectivity index (χ0) is 23.9. The van der Waals surface area contributed by atoms with Crippen LogP contribution in [0.3, 0.4) is 0 Å². The number of likely N-dealkylation sites (N-methyl/N-ethyl adjacent to an activating group) is 1. The summed E-state index contributed by atoms with van der Waals surface area (Å²) in [5, 5.41) is 0. The first kappa shape index (κ1) is 23.1. The number of benzene rings is 1. The van der Waals surface area contributed by atoms with Gasteiger partial charge in [-0.05, 0) is 61.8 Å². The van der Waals surface area contributed by atoms with Crippen LogP contribution in [0.25, 0.3) is 0 Å². The molecule has 4 rings (SSSR count). The van der Waals surface area contributed by atoms with Crippen molar-refractivity contribution in [2.45, 2.75) is 50.2 Å². The molecule has 3 aliphatic rings. The molecule has 1 aromatic rings. The second kappa shape index (κ2) is 8.39. The molecule has 2 atom stereocenters. The topological polar surface area (TPSA) is 67.9 Å². The average molecular weight is 460 g/mol. The molecule has 0 aromatic heterocycles. The minimum Gasteiger partial charge on any atom is -0.484 e. The fraction of sp³-hybridized carbons (Fsp3) is 0.440. The number of rotatable bonds is 2. The molecule has 5 nitrogen and oxygen atoms in total. The van der Waals surface area contributed by atoms with Crippen LogP contribution in [0, 0.1) is 5.41 Å². The second-order valence-electron chi connectivity index (χ2n) is 9.06. The van der Waals surface area contributed by atoms with E-state index in [1.807, 2.05) is 18.2 Å². The van der Waals surface area contributed by atoms with Gasteiger partial charge in [0.25, 0.3) is 5.91 Å². The molecule has 1 amide bonds. The Balaban J connectivity index is 1.82. The Hall–Kier alpha value is -3.03. The van der Waals surface area contributed by atoms with Crippen LogP contribution in [-0.2, 0) is 16.8 Å². The Kier molecular flexibility index (Phi) is 5.88. The monoisotopic (exact) mass is 459 g/mol. The second-order valence-corrected chi connectivity index (χ2v) is 9.06. The van der Waals surface area contributed by atoms with E-state index in [4.69, 9.17) is 15.5 Å². The summed E-state index contributed by atoms with van der Waals surface area (Å²) in [5.74, 6) is -0.0781. The number of ether oxygens (including phenoxy) is 1. The number of halogens is 3. The number of hydrogen-bond donors (Lipinski definition) is 1. The van der Waals surface area contributed by atoms with Crippen LogP contribution in [0.5, 0.6) is 5.75 Å². The molecule has 1 aromatic carbocycles. The summed E-state index contributed by atoms with van der Waals surface area (Å²) < 4.78 is 43.2. The third-order valence-corrected chi connectivity index (χ3v) is 6.94. The largest absolute Gasteiger partial charge is 0.484 e. The molecule has 0 saturated carbocycles. The molecule has 1 aliphatic heterocycles. The van der Waals surface area contributed by atoms with Crippen molar-refractivity contribution in [3.05, 3.63) is 65.8 Å². The summed E-state index contributed by atoms with van der Waals surface area (Å²) in [5.41, 5.74) is 6.70. The number of allylic oxidation sites excluding steroid dienone is 5. The normalized spacial score (nSPS) is 29.7. The lowest BCUT2D eigenvalue weighted by molar-refractivity contribution is -0.153. The molecule has 8 heteroatoms. The number of carbonyl (C=O) groups is 1. The van der Waals surface area contributed by atoms with Gasteiger partial charge in [0.1, 0.15) is 5.75 Å². The summed E-state index contributed by atoms with van der Waals surface area (Å²) >= 11 is 0. The van der Waals surface area contributed by atoms with Gasteiger partial charge in [0.15, 0.2) is 18.1 Å². The summed E-state index contributed by atoms with van der Waals surface area (Å²) in [6, 6.07) is 4.83. The highest BCUT2D eigenvalue weighted by Gasteiger charge is 2.65. The first-order valence-corrected chi connectivity index (χ1v) is 11.1. The van der Waals surface area contributed by atoms with Crippen LogP contribution in [0.4, 0.5) is 13.2 Å². The predicted molar refractivity (Wildman–Crippen MR) is 121 cm³/mol. The van der Waals surface area contributed by atoms with Gasteiger partial charge in [0.05, 0.1) is 0 Å². The molecule has 1 heterocycles. The SMILES string of the molecule is C=C1/C=C\C=C/CCCC2(CC1)Cc1ccc(OCC(F)(F)F)cc1C21N=C(N)N(C)C1=O. The van der Waals surface area contributed by atoms with Gasteiger partial charge in [-0.25, -0.2) is 4.99 Å². The van der Waals surface area contributed by atoms with Crippen molar-refractivity contribution in [2.75, 3.05) is 13.7 Å². The summed E-state index contributed by atoms with van der Waals surface area (Å²) in [4.78, 5) is 19.9. The molecule has 0 radical (unpaired) electrons. The van der Waals surface area contributed by atoms with Gasteiger partial charge < -0.3 is 10.5 Å². The van der Waals surface area contributed by atoms with E-state index in [1.54, 1.807) is 19.2 Å². The number of fused-ring (bicyclic) bond motifs is 3. The average Bonchev–Trinajstić information content (AvgIpc) is 3.14. The quantitative estimate of drug-likeness (QED) is 0.692. The van der Waals surface area contributed by atoms with Crippen molar-refractivity contribution in [3.8, 4) is 5.75 Å². The van der Waals surface area contributed by atoms with Crippen LogP contribution in [0.2, 0.25) is 0 Å². The van der Waals surface area contributed by atoms with Gasteiger partial charge >= 0.3 is 6.18 Å². The van der Waals surface area contributed by atoms with E-state index in [0.29, 0.717) is 31.2 Å². The molecule has 33 heavy (non-hydrogen) atoms. The van der Waals surface area contributed by atoms with E-state index in [0.717, 1.165) is 24.0 Å². The number of amides is 1. The molecular weight excluding hydrogens is 431 g/mol. The first-order valence-electron chi connectivity index (χ1n) is 11.1. The maximum atomic E-state index is 13.8. The zero-order valence-electron chi connectivity index (χ0n) is 18.6. The van der Waals surface area contributed by atoms with Gasteiger partial charge in [-0.2, -0.15) is 13.2 Å². The lowest BCUT2D eigenvalue weighted by Crippen LogP contribution is -2.49.